The summed E-state index contributed by atoms with van der Waals surface area (Å²) in [5, 5.41) is 0. The highest BCUT2D eigenvalue weighted by atomic mass is 127. The molecule has 0 saturated heterocycles. The van der Waals surface area contributed by atoms with Crippen LogP contribution in [-0.2, 0) is 0 Å². The molecule has 1 aliphatic carbocycles. The smallest absolute Gasteiger partial charge is 0.136 e. The molecule has 1 aliphatic rings. The van der Waals surface area contributed by atoms with Crippen LogP contribution in [0.3, 0.4) is 0 Å². The molecule has 1 fully saturated rings. The van der Waals surface area contributed by atoms with E-state index in [9.17, 15) is 4.39 Å². The van der Waals surface area contributed by atoms with Gasteiger partial charge in [-0.05, 0) is 84.2 Å². The molecule has 0 amide bonds. The SMILES string of the molecule is C=CC[C@H]1CC[C@H](c2ccc(I)c(F)c2)CC1. The van der Waals surface area contributed by atoms with Gasteiger partial charge in [0, 0.05) is 3.57 Å². The molecular formula is C15H18FI. The van der Waals surface area contributed by atoms with Gasteiger partial charge in [-0.1, -0.05) is 12.1 Å². The minimum Gasteiger partial charge on any atom is -0.206 e. The van der Waals surface area contributed by atoms with Gasteiger partial charge in [0.15, 0.2) is 0 Å². The number of benzene rings is 1. The Balaban J connectivity index is 2.00. The predicted molar refractivity (Wildman–Crippen MR) is 78.6 cm³/mol. The van der Waals surface area contributed by atoms with Crippen molar-refractivity contribution in [2.24, 2.45) is 5.92 Å². The predicted octanol–water partition coefficient (Wildman–Crippen LogP) is 5.28. The maximum absolute atomic E-state index is 13.5. The molecule has 17 heavy (non-hydrogen) atoms. The third-order valence-electron chi connectivity index (χ3n) is 3.76. The lowest BCUT2D eigenvalue weighted by atomic mass is 9.77. The van der Waals surface area contributed by atoms with E-state index in [-0.39, 0.29) is 5.82 Å². The van der Waals surface area contributed by atoms with Crippen LogP contribution in [0.5, 0.6) is 0 Å². The van der Waals surface area contributed by atoms with Gasteiger partial charge in [0.1, 0.15) is 5.82 Å². The second kappa shape index (κ2) is 5.98. The van der Waals surface area contributed by atoms with Gasteiger partial charge in [-0.3, -0.25) is 0 Å². The molecule has 0 nitrogen and oxygen atoms in total. The van der Waals surface area contributed by atoms with E-state index in [0.717, 1.165) is 12.3 Å². The summed E-state index contributed by atoms with van der Waals surface area (Å²) >= 11 is 2.04. The van der Waals surface area contributed by atoms with Crippen molar-refractivity contribution in [3.05, 3.63) is 45.8 Å². The van der Waals surface area contributed by atoms with Gasteiger partial charge in [-0.25, -0.2) is 4.39 Å². The van der Waals surface area contributed by atoms with E-state index in [2.05, 4.69) is 12.6 Å². The fraction of sp³-hybridized carbons (Fsp3) is 0.467. The summed E-state index contributed by atoms with van der Waals surface area (Å²) in [7, 11) is 0. The van der Waals surface area contributed by atoms with Crippen molar-refractivity contribution >= 4 is 22.6 Å². The zero-order valence-corrected chi connectivity index (χ0v) is 12.1. The summed E-state index contributed by atoms with van der Waals surface area (Å²) in [5.41, 5.74) is 1.18. The third kappa shape index (κ3) is 3.30. The molecule has 0 spiro atoms. The number of rotatable bonds is 3. The molecule has 1 saturated carbocycles. The Hall–Kier alpha value is -0.380. The van der Waals surface area contributed by atoms with E-state index >= 15 is 0 Å². The van der Waals surface area contributed by atoms with E-state index < -0.39 is 0 Å². The number of allylic oxidation sites excluding steroid dienone is 1. The van der Waals surface area contributed by atoms with Crippen molar-refractivity contribution < 1.29 is 4.39 Å². The molecule has 0 aliphatic heterocycles. The molecule has 0 atom stereocenters. The maximum Gasteiger partial charge on any atom is 0.136 e. The van der Waals surface area contributed by atoms with Gasteiger partial charge >= 0.3 is 0 Å². The molecule has 1 aromatic carbocycles. The van der Waals surface area contributed by atoms with E-state index in [4.69, 9.17) is 0 Å². The molecule has 2 heteroatoms. The van der Waals surface area contributed by atoms with Crippen molar-refractivity contribution in [1.82, 2.24) is 0 Å². The lowest BCUT2D eigenvalue weighted by molar-refractivity contribution is 0.328. The minimum atomic E-state index is -0.0729. The monoisotopic (exact) mass is 344 g/mol. The van der Waals surface area contributed by atoms with E-state index in [1.54, 1.807) is 6.07 Å². The van der Waals surface area contributed by atoms with E-state index in [0.29, 0.717) is 9.49 Å². The summed E-state index contributed by atoms with van der Waals surface area (Å²) in [6.45, 7) is 3.80. The molecule has 0 bridgehead atoms. The van der Waals surface area contributed by atoms with Crippen molar-refractivity contribution in [2.45, 2.75) is 38.0 Å². The Morgan fingerprint density at radius 1 is 1.29 bits per heavy atom. The highest BCUT2D eigenvalue weighted by Crippen LogP contribution is 2.37. The largest absolute Gasteiger partial charge is 0.206 e. The molecular weight excluding hydrogens is 326 g/mol. The first-order valence-electron chi connectivity index (χ1n) is 6.26. The Labute approximate surface area is 116 Å². The van der Waals surface area contributed by atoms with Gasteiger partial charge in [-0.2, -0.15) is 0 Å². The Kier molecular flexibility index (Phi) is 4.60. The first-order valence-corrected chi connectivity index (χ1v) is 7.34. The van der Waals surface area contributed by atoms with Crippen LogP contribution in [0, 0.1) is 15.3 Å². The van der Waals surface area contributed by atoms with Crippen LogP contribution in [-0.4, -0.2) is 0 Å². The van der Waals surface area contributed by atoms with Crippen molar-refractivity contribution in [3.8, 4) is 0 Å². The summed E-state index contributed by atoms with van der Waals surface area (Å²) < 4.78 is 14.2. The lowest BCUT2D eigenvalue weighted by Crippen LogP contribution is -2.13. The molecule has 92 valence electrons. The van der Waals surface area contributed by atoms with Gasteiger partial charge in [0.05, 0.1) is 0 Å². The van der Waals surface area contributed by atoms with Crippen LogP contribution in [0.4, 0.5) is 4.39 Å². The van der Waals surface area contributed by atoms with Gasteiger partial charge in [0.25, 0.3) is 0 Å². The second-order valence-corrected chi connectivity index (χ2v) is 6.08. The molecule has 0 N–H and O–H groups in total. The molecule has 0 radical (unpaired) electrons. The number of halogens is 2. The zero-order chi connectivity index (χ0) is 12.3. The zero-order valence-electron chi connectivity index (χ0n) is 9.96. The normalized spacial score (nSPS) is 24.6. The quantitative estimate of drug-likeness (QED) is 0.517. The van der Waals surface area contributed by atoms with Crippen LogP contribution >= 0.6 is 22.6 Å². The molecule has 1 aromatic rings. The number of hydrogen-bond donors (Lipinski definition) is 0. The van der Waals surface area contributed by atoms with Crippen LogP contribution in [0.15, 0.2) is 30.9 Å². The molecule has 0 unspecified atom stereocenters. The van der Waals surface area contributed by atoms with E-state index in [1.807, 2.05) is 34.7 Å². The number of hydrogen-bond acceptors (Lipinski definition) is 0. The van der Waals surface area contributed by atoms with Crippen molar-refractivity contribution in [2.75, 3.05) is 0 Å². The Bertz CT molecular complexity index is 392. The van der Waals surface area contributed by atoms with E-state index in [1.165, 1.54) is 31.2 Å². The van der Waals surface area contributed by atoms with Crippen molar-refractivity contribution in [1.29, 1.82) is 0 Å². The highest BCUT2D eigenvalue weighted by Gasteiger charge is 2.21. The summed E-state index contributed by atoms with van der Waals surface area (Å²) in [5.74, 6) is 1.29. The van der Waals surface area contributed by atoms with Gasteiger partial charge < -0.3 is 0 Å². The average molecular weight is 344 g/mol. The van der Waals surface area contributed by atoms with Gasteiger partial charge in [0.2, 0.25) is 0 Å². The standard InChI is InChI=1S/C15H18FI/c1-2-3-11-4-6-12(7-5-11)13-8-9-15(17)14(16)10-13/h2,8-12H,1,3-7H2/t11-,12-. The topological polar surface area (TPSA) is 0 Å². The first kappa shape index (κ1) is 13.1. The van der Waals surface area contributed by atoms with Crippen LogP contribution in [0.25, 0.3) is 0 Å². The third-order valence-corrected chi connectivity index (χ3v) is 4.64. The van der Waals surface area contributed by atoms with Crippen LogP contribution < -0.4 is 0 Å². The van der Waals surface area contributed by atoms with Crippen LogP contribution in [0.2, 0.25) is 0 Å². The molecule has 0 heterocycles. The lowest BCUT2D eigenvalue weighted by Gasteiger charge is -2.28. The fourth-order valence-electron chi connectivity index (χ4n) is 2.73. The highest BCUT2D eigenvalue weighted by molar-refractivity contribution is 14.1. The van der Waals surface area contributed by atoms with Crippen molar-refractivity contribution in [3.63, 3.8) is 0 Å². The Morgan fingerprint density at radius 2 is 2.00 bits per heavy atom. The summed E-state index contributed by atoms with van der Waals surface area (Å²) in [6.07, 6.45) is 8.05. The summed E-state index contributed by atoms with van der Waals surface area (Å²) in [4.78, 5) is 0. The molecule has 2 rings (SSSR count). The fourth-order valence-corrected chi connectivity index (χ4v) is 3.07. The summed E-state index contributed by atoms with van der Waals surface area (Å²) in [6, 6.07) is 5.70. The molecule has 0 aromatic heterocycles. The second-order valence-electron chi connectivity index (χ2n) is 4.92. The first-order chi connectivity index (χ1) is 8.20. The average Bonchev–Trinajstić information content (AvgIpc) is 2.34. The van der Waals surface area contributed by atoms with Crippen LogP contribution in [0.1, 0.15) is 43.6 Å². The maximum atomic E-state index is 13.5. The van der Waals surface area contributed by atoms with Gasteiger partial charge in [-0.15, -0.1) is 6.58 Å². The minimum absolute atomic E-state index is 0.0729. The Morgan fingerprint density at radius 3 is 2.59 bits per heavy atom.